The number of nitrogens with zero attached hydrogens (tertiary/aromatic N) is 1. The zero-order chi connectivity index (χ0) is 13.3. The Labute approximate surface area is 118 Å². The Kier molecular flexibility index (Phi) is 4.16. The summed E-state index contributed by atoms with van der Waals surface area (Å²) in [7, 11) is 0. The minimum Gasteiger partial charge on any atom is -0.381 e. The molecule has 0 amide bonds. The predicted molar refractivity (Wildman–Crippen MR) is 78.3 cm³/mol. The van der Waals surface area contributed by atoms with E-state index < -0.39 is 0 Å². The van der Waals surface area contributed by atoms with Gasteiger partial charge in [-0.2, -0.15) is 0 Å². The average molecular weight is 266 g/mol. The summed E-state index contributed by atoms with van der Waals surface area (Å²) in [5, 5.41) is 3.75. The lowest BCUT2D eigenvalue weighted by molar-refractivity contribution is 0.0896. The van der Waals surface area contributed by atoms with Crippen LogP contribution in [0.3, 0.4) is 0 Å². The molecule has 3 rings (SSSR count). The van der Waals surface area contributed by atoms with Gasteiger partial charge in [0.1, 0.15) is 0 Å². The molecule has 1 saturated heterocycles. The summed E-state index contributed by atoms with van der Waals surface area (Å²) in [4.78, 5) is 2.71. The van der Waals surface area contributed by atoms with Crippen LogP contribution in [0, 0.1) is 11.3 Å². The van der Waals surface area contributed by atoms with E-state index in [1.54, 1.807) is 0 Å². The molecule has 0 aromatic carbocycles. The quantitative estimate of drug-likeness (QED) is 0.729. The summed E-state index contributed by atoms with van der Waals surface area (Å²) in [6.07, 6.45) is 6.90. The molecule has 0 aromatic rings. The van der Waals surface area contributed by atoms with Crippen molar-refractivity contribution >= 4 is 0 Å². The van der Waals surface area contributed by atoms with E-state index in [0.29, 0.717) is 11.5 Å². The van der Waals surface area contributed by atoms with E-state index in [2.05, 4.69) is 24.1 Å². The predicted octanol–water partition coefficient (Wildman–Crippen LogP) is 2.27. The number of hydrogen-bond acceptors (Lipinski definition) is 3. The van der Waals surface area contributed by atoms with E-state index in [1.165, 1.54) is 45.2 Å². The summed E-state index contributed by atoms with van der Waals surface area (Å²) in [5.74, 6) is 0.984. The smallest absolute Gasteiger partial charge is 0.0547 e. The topological polar surface area (TPSA) is 24.5 Å². The molecule has 3 nitrogen and oxygen atoms in total. The van der Waals surface area contributed by atoms with Gasteiger partial charge in [-0.3, -0.25) is 4.90 Å². The molecule has 110 valence electrons. The fraction of sp³-hybridized carbons (Fsp3) is 1.00. The van der Waals surface area contributed by atoms with E-state index in [-0.39, 0.29) is 0 Å². The Morgan fingerprint density at radius 2 is 2.05 bits per heavy atom. The third-order valence-corrected chi connectivity index (χ3v) is 4.99. The maximum Gasteiger partial charge on any atom is 0.0547 e. The van der Waals surface area contributed by atoms with Gasteiger partial charge in [0, 0.05) is 43.7 Å². The van der Waals surface area contributed by atoms with E-state index in [4.69, 9.17) is 4.74 Å². The van der Waals surface area contributed by atoms with Crippen LogP contribution in [-0.4, -0.2) is 49.8 Å². The van der Waals surface area contributed by atoms with Gasteiger partial charge in [0.05, 0.1) is 6.61 Å². The van der Waals surface area contributed by atoms with Gasteiger partial charge in [-0.25, -0.2) is 0 Å². The Hall–Kier alpha value is -0.120. The molecule has 1 unspecified atom stereocenters. The molecule has 1 heterocycles. The SMILES string of the molecule is CC(C)N(CC1CC1)CC1(CNC2CC2)CCOC1. The van der Waals surface area contributed by atoms with Gasteiger partial charge in [0.15, 0.2) is 0 Å². The molecule has 19 heavy (non-hydrogen) atoms. The number of ether oxygens (including phenoxy) is 1. The minimum atomic E-state index is 0.377. The highest BCUT2D eigenvalue weighted by molar-refractivity contribution is 4.93. The van der Waals surface area contributed by atoms with E-state index in [0.717, 1.165) is 31.7 Å². The van der Waals surface area contributed by atoms with Crippen molar-refractivity contribution in [1.29, 1.82) is 0 Å². The lowest BCUT2D eigenvalue weighted by Crippen LogP contribution is -2.48. The van der Waals surface area contributed by atoms with Crippen LogP contribution in [-0.2, 0) is 4.74 Å². The molecule has 3 aliphatic rings. The average Bonchev–Trinajstić information content (AvgIpc) is 3.29. The first-order chi connectivity index (χ1) is 9.17. The molecule has 0 radical (unpaired) electrons. The van der Waals surface area contributed by atoms with Crippen molar-refractivity contribution < 1.29 is 4.74 Å². The zero-order valence-electron chi connectivity index (χ0n) is 12.7. The van der Waals surface area contributed by atoms with Crippen molar-refractivity contribution in [3.05, 3.63) is 0 Å². The fourth-order valence-corrected chi connectivity index (χ4v) is 3.14. The monoisotopic (exact) mass is 266 g/mol. The van der Waals surface area contributed by atoms with Crippen molar-refractivity contribution in [2.24, 2.45) is 11.3 Å². The third-order valence-electron chi connectivity index (χ3n) is 4.99. The van der Waals surface area contributed by atoms with Gasteiger partial charge in [-0.05, 0) is 51.9 Å². The minimum absolute atomic E-state index is 0.377. The van der Waals surface area contributed by atoms with E-state index in [9.17, 15) is 0 Å². The summed E-state index contributed by atoms with van der Waals surface area (Å²) in [6, 6.07) is 1.48. The van der Waals surface area contributed by atoms with Crippen LogP contribution in [0.15, 0.2) is 0 Å². The second-order valence-corrected chi connectivity index (χ2v) is 7.42. The molecule has 3 heteroatoms. The lowest BCUT2D eigenvalue weighted by Gasteiger charge is -2.37. The number of nitrogens with one attached hydrogen (secondary N) is 1. The summed E-state index contributed by atoms with van der Waals surface area (Å²) >= 11 is 0. The standard InChI is InChI=1S/C16H30N2O/c1-13(2)18(9-14-3-4-14)11-16(7-8-19-12-16)10-17-15-5-6-15/h13-15,17H,3-12H2,1-2H3. The molecule has 0 spiro atoms. The molecule has 1 atom stereocenters. The number of hydrogen-bond donors (Lipinski definition) is 1. The van der Waals surface area contributed by atoms with Gasteiger partial charge < -0.3 is 10.1 Å². The Bertz CT molecular complexity index is 291. The summed E-state index contributed by atoms with van der Waals surface area (Å²) in [5.41, 5.74) is 0.377. The third kappa shape index (κ3) is 3.93. The molecule has 0 bridgehead atoms. The molecule has 2 saturated carbocycles. The highest BCUT2D eigenvalue weighted by Gasteiger charge is 2.39. The van der Waals surface area contributed by atoms with Crippen LogP contribution in [0.5, 0.6) is 0 Å². The van der Waals surface area contributed by atoms with Crippen LogP contribution >= 0.6 is 0 Å². The Morgan fingerprint density at radius 1 is 1.26 bits per heavy atom. The van der Waals surface area contributed by atoms with Crippen molar-refractivity contribution in [1.82, 2.24) is 10.2 Å². The second-order valence-electron chi connectivity index (χ2n) is 7.42. The number of rotatable bonds is 8. The maximum absolute atomic E-state index is 5.75. The van der Waals surface area contributed by atoms with Crippen molar-refractivity contribution in [3.8, 4) is 0 Å². The van der Waals surface area contributed by atoms with Crippen molar-refractivity contribution in [2.75, 3.05) is 32.8 Å². The molecule has 3 fully saturated rings. The van der Waals surface area contributed by atoms with E-state index in [1.807, 2.05) is 0 Å². The first-order valence-electron chi connectivity index (χ1n) is 8.22. The molecule has 2 aliphatic carbocycles. The molecular formula is C16H30N2O. The fourth-order valence-electron chi connectivity index (χ4n) is 3.14. The van der Waals surface area contributed by atoms with Crippen molar-refractivity contribution in [2.45, 2.75) is 58.0 Å². The van der Waals surface area contributed by atoms with Gasteiger partial charge in [-0.1, -0.05) is 0 Å². The van der Waals surface area contributed by atoms with E-state index >= 15 is 0 Å². The largest absolute Gasteiger partial charge is 0.381 e. The maximum atomic E-state index is 5.75. The Balaban J connectivity index is 1.57. The van der Waals surface area contributed by atoms with Crippen LogP contribution < -0.4 is 5.32 Å². The van der Waals surface area contributed by atoms with Gasteiger partial charge in [0.2, 0.25) is 0 Å². The second kappa shape index (κ2) is 5.71. The van der Waals surface area contributed by atoms with Gasteiger partial charge in [0.25, 0.3) is 0 Å². The van der Waals surface area contributed by atoms with Crippen molar-refractivity contribution in [3.63, 3.8) is 0 Å². The van der Waals surface area contributed by atoms with Gasteiger partial charge in [-0.15, -0.1) is 0 Å². The molecule has 1 N–H and O–H groups in total. The summed E-state index contributed by atoms with van der Waals surface area (Å²) in [6.45, 7) is 10.3. The van der Waals surface area contributed by atoms with Crippen LogP contribution in [0.4, 0.5) is 0 Å². The first kappa shape index (κ1) is 13.8. The van der Waals surface area contributed by atoms with Crippen LogP contribution in [0.1, 0.15) is 46.0 Å². The highest BCUT2D eigenvalue weighted by atomic mass is 16.5. The van der Waals surface area contributed by atoms with Gasteiger partial charge >= 0.3 is 0 Å². The Morgan fingerprint density at radius 3 is 2.58 bits per heavy atom. The molecule has 1 aliphatic heterocycles. The zero-order valence-corrected chi connectivity index (χ0v) is 12.7. The van der Waals surface area contributed by atoms with Crippen LogP contribution in [0.2, 0.25) is 0 Å². The lowest BCUT2D eigenvalue weighted by atomic mass is 9.86. The molecule has 0 aromatic heterocycles. The molecular weight excluding hydrogens is 236 g/mol. The first-order valence-corrected chi connectivity index (χ1v) is 8.22. The van der Waals surface area contributed by atoms with Crippen LogP contribution in [0.25, 0.3) is 0 Å². The normalized spacial score (nSPS) is 31.6. The summed E-state index contributed by atoms with van der Waals surface area (Å²) < 4.78 is 5.75. The highest BCUT2D eigenvalue weighted by Crippen LogP contribution is 2.35.